The van der Waals surface area contributed by atoms with E-state index in [1.807, 2.05) is 31.2 Å². The maximum Gasteiger partial charge on any atom is 0.246 e. The molecule has 0 aromatic heterocycles. The number of hydrogen-bond donors (Lipinski definition) is 2. The third kappa shape index (κ3) is 4.58. The van der Waals surface area contributed by atoms with E-state index in [1.54, 1.807) is 0 Å². The van der Waals surface area contributed by atoms with Crippen molar-refractivity contribution in [2.75, 3.05) is 20.3 Å². The van der Waals surface area contributed by atoms with Gasteiger partial charge in [0.25, 0.3) is 0 Å². The molecular formula is C14H18N2O2. The van der Waals surface area contributed by atoms with Gasteiger partial charge in [-0.3, -0.25) is 4.79 Å². The van der Waals surface area contributed by atoms with Crippen molar-refractivity contribution in [1.82, 2.24) is 5.32 Å². The summed E-state index contributed by atoms with van der Waals surface area (Å²) in [7, 11) is 1.49. The highest BCUT2D eigenvalue weighted by Gasteiger charge is 2.09. The van der Waals surface area contributed by atoms with Crippen LogP contribution in [0.4, 0.5) is 0 Å². The average molecular weight is 246 g/mol. The third-order valence-corrected chi connectivity index (χ3v) is 2.37. The van der Waals surface area contributed by atoms with Crippen molar-refractivity contribution in [3.8, 4) is 11.8 Å². The fraction of sp³-hybridized carbons (Fsp3) is 0.357. The van der Waals surface area contributed by atoms with Crippen LogP contribution in [0.3, 0.4) is 0 Å². The minimum atomic E-state index is -0.136. The minimum absolute atomic E-state index is 0.0665. The fourth-order valence-electron chi connectivity index (χ4n) is 1.54. The molecule has 0 aliphatic carbocycles. The zero-order valence-electron chi connectivity index (χ0n) is 10.7. The Morgan fingerprint density at radius 3 is 3.00 bits per heavy atom. The minimum Gasteiger partial charge on any atom is -0.375 e. The molecule has 96 valence electrons. The lowest BCUT2D eigenvalue weighted by atomic mass is 10.1. The van der Waals surface area contributed by atoms with E-state index in [0.29, 0.717) is 6.54 Å². The van der Waals surface area contributed by atoms with Crippen LogP contribution in [0.1, 0.15) is 24.1 Å². The number of hydrogen-bond acceptors (Lipinski definition) is 3. The molecule has 0 bridgehead atoms. The van der Waals surface area contributed by atoms with Gasteiger partial charge in [-0.05, 0) is 24.6 Å². The molecule has 4 nitrogen and oxygen atoms in total. The predicted molar refractivity (Wildman–Crippen MR) is 70.8 cm³/mol. The molecule has 18 heavy (non-hydrogen) atoms. The molecule has 0 aliphatic heterocycles. The van der Waals surface area contributed by atoms with Crippen molar-refractivity contribution in [3.63, 3.8) is 0 Å². The maximum atomic E-state index is 11.4. The average Bonchev–Trinajstić information content (AvgIpc) is 2.37. The van der Waals surface area contributed by atoms with Gasteiger partial charge in [0.05, 0.1) is 12.6 Å². The van der Waals surface area contributed by atoms with Crippen LogP contribution in [0.5, 0.6) is 0 Å². The number of rotatable bonds is 4. The quantitative estimate of drug-likeness (QED) is 0.773. The summed E-state index contributed by atoms with van der Waals surface area (Å²) in [6.45, 7) is 2.32. The summed E-state index contributed by atoms with van der Waals surface area (Å²) in [6, 6.07) is 7.64. The Bertz CT molecular complexity index is 460. The molecule has 1 atom stereocenters. The number of methoxy groups -OCH3 is 1. The number of benzene rings is 1. The highest BCUT2D eigenvalue weighted by Crippen LogP contribution is 2.13. The molecule has 0 saturated carbocycles. The monoisotopic (exact) mass is 246 g/mol. The second-order valence-electron chi connectivity index (χ2n) is 3.85. The van der Waals surface area contributed by atoms with E-state index in [9.17, 15) is 4.79 Å². The number of ether oxygens (including phenoxy) is 1. The first kappa shape index (κ1) is 14.2. The van der Waals surface area contributed by atoms with Gasteiger partial charge in [-0.1, -0.05) is 24.0 Å². The fourth-order valence-corrected chi connectivity index (χ4v) is 1.54. The van der Waals surface area contributed by atoms with Gasteiger partial charge < -0.3 is 15.8 Å². The summed E-state index contributed by atoms with van der Waals surface area (Å²) >= 11 is 0. The van der Waals surface area contributed by atoms with E-state index in [0.717, 1.165) is 11.1 Å². The first-order valence-corrected chi connectivity index (χ1v) is 5.74. The van der Waals surface area contributed by atoms with E-state index in [-0.39, 0.29) is 18.6 Å². The lowest BCUT2D eigenvalue weighted by Gasteiger charge is -2.14. The van der Waals surface area contributed by atoms with Crippen LogP contribution in [-0.2, 0) is 9.53 Å². The second kappa shape index (κ2) is 7.49. The van der Waals surface area contributed by atoms with Crippen LogP contribution >= 0.6 is 0 Å². The highest BCUT2D eigenvalue weighted by molar-refractivity contribution is 5.77. The van der Waals surface area contributed by atoms with Crippen molar-refractivity contribution in [3.05, 3.63) is 35.4 Å². The molecular weight excluding hydrogens is 228 g/mol. The Labute approximate surface area is 108 Å². The molecule has 0 saturated heterocycles. The van der Waals surface area contributed by atoms with Crippen LogP contribution in [-0.4, -0.2) is 26.2 Å². The van der Waals surface area contributed by atoms with Gasteiger partial charge in [-0.25, -0.2) is 0 Å². The van der Waals surface area contributed by atoms with Gasteiger partial charge in [0.1, 0.15) is 6.61 Å². The Balaban J connectivity index is 2.73. The molecule has 0 spiro atoms. The molecule has 0 heterocycles. The summed E-state index contributed by atoms with van der Waals surface area (Å²) in [5.74, 6) is 5.63. The molecule has 1 aromatic carbocycles. The first-order chi connectivity index (χ1) is 8.67. The number of carbonyl (C=O) groups is 1. The van der Waals surface area contributed by atoms with Crippen LogP contribution in [0, 0.1) is 11.8 Å². The molecule has 0 radical (unpaired) electrons. The molecule has 4 heteroatoms. The van der Waals surface area contributed by atoms with Gasteiger partial charge in [0, 0.05) is 12.7 Å². The normalized spacial score (nSPS) is 11.3. The number of carbonyl (C=O) groups excluding carboxylic acids is 1. The molecule has 3 N–H and O–H groups in total. The number of nitrogens with one attached hydrogen (secondary N) is 1. The Morgan fingerprint density at radius 1 is 1.56 bits per heavy atom. The van der Waals surface area contributed by atoms with Gasteiger partial charge in [-0.2, -0.15) is 0 Å². The zero-order valence-corrected chi connectivity index (χ0v) is 10.7. The van der Waals surface area contributed by atoms with Crippen molar-refractivity contribution in [2.45, 2.75) is 13.0 Å². The largest absolute Gasteiger partial charge is 0.375 e. The Kier molecular flexibility index (Phi) is 5.92. The van der Waals surface area contributed by atoms with E-state index in [4.69, 9.17) is 10.5 Å². The summed E-state index contributed by atoms with van der Waals surface area (Å²) in [4.78, 5) is 11.4. The zero-order chi connectivity index (χ0) is 13.4. The smallest absolute Gasteiger partial charge is 0.246 e. The van der Waals surface area contributed by atoms with E-state index >= 15 is 0 Å². The Morgan fingerprint density at radius 2 is 2.33 bits per heavy atom. The Hall–Kier alpha value is -1.83. The maximum absolute atomic E-state index is 11.4. The van der Waals surface area contributed by atoms with Crippen LogP contribution in [0.15, 0.2) is 24.3 Å². The number of nitrogens with two attached hydrogens (primary N) is 1. The predicted octanol–water partition coefficient (Wildman–Crippen LogP) is 0.820. The first-order valence-electron chi connectivity index (χ1n) is 5.74. The van der Waals surface area contributed by atoms with Gasteiger partial charge in [-0.15, -0.1) is 0 Å². The topological polar surface area (TPSA) is 64.3 Å². The summed E-state index contributed by atoms with van der Waals surface area (Å²) in [6.07, 6.45) is 0. The van der Waals surface area contributed by atoms with E-state index in [1.165, 1.54) is 7.11 Å². The summed E-state index contributed by atoms with van der Waals surface area (Å²) in [5, 5.41) is 2.84. The van der Waals surface area contributed by atoms with Crippen LogP contribution in [0.25, 0.3) is 0 Å². The SMILES string of the molecule is COCC(=O)NC(C)c1cccc(C#CCN)c1. The molecule has 0 aliphatic rings. The van der Waals surface area contributed by atoms with Crippen LogP contribution < -0.4 is 11.1 Å². The second-order valence-corrected chi connectivity index (χ2v) is 3.85. The number of amides is 1. The summed E-state index contributed by atoms with van der Waals surface area (Å²) in [5.41, 5.74) is 7.23. The van der Waals surface area contributed by atoms with E-state index in [2.05, 4.69) is 17.2 Å². The lowest BCUT2D eigenvalue weighted by Crippen LogP contribution is -2.29. The molecule has 1 aromatic rings. The standard InChI is InChI=1S/C14H18N2O2/c1-11(16-14(17)10-18-2)13-7-3-5-12(9-13)6-4-8-15/h3,5,7,9,11H,8,10,15H2,1-2H3,(H,16,17). The molecule has 1 rings (SSSR count). The molecule has 0 fully saturated rings. The van der Waals surface area contributed by atoms with Crippen LogP contribution in [0.2, 0.25) is 0 Å². The van der Waals surface area contributed by atoms with Gasteiger partial charge in [0.15, 0.2) is 0 Å². The van der Waals surface area contributed by atoms with Crippen molar-refractivity contribution in [1.29, 1.82) is 0 Å². The molecule has 1 unspecified atom stereocenters. The van der Waals surface area contributed by atoms with Gasteiger partial charge >= 0.3 is 0 Å². The van der Waals surface area contributed by atoms with Crippen molar-refractivity contribution in [2.24, 2.45) is 5.73 Å². The van der Waals surface area contributed by atoms with Crippen molar-refractivity contribution < 1.29 is 9.53 Å². The lowest BCUT2D eigenvalue weighted by molar-refractivity contribution is -0.125. The third-order valence-electron chi connectivity index (χ3n) is 2.37. The van der Waals surface area contributed by atoms with E-state index < -0.39 is 0 Å². The highest BCUT2D eigenvalue weighted by atomic mass is 16.5. The van der Waals surface area contributed by atoms with Crippen molar-refractivity contribution >= 4 is 5.91 Å². The summed E-state index contributed by atoms with van der Waals surface area (Å²) < 4.78 is 4.77. The van der Waals surface area contributed by atoms with Gasteiger partial charge in [0.2, 0.25) is 5.91 Å². The molecule has 1 amide bonds.